The molecule has 0 radical (unpaired) electrons. The SMILES string of the molecule is CCOC(=O)c1coc(NS(=O)(=O)c2ccc(C(C)(C)C)cc2)n1. The summed E-state index contributed by atoms with van der Waals surface area (Å²) in [7, 11) is -3.86. The second kappa shape index (κ2) is 6.64. The van der Waals surface area contributed by atoms with Gasteiger partial charge in [-0.1, -0.05) is 32.9 Å². The Labute approximate surface area is 141 Å². The lowest BCUT2D eigenvalue weighted by molar-refractivity contribution is 0.0519. The molecule has 0 fully saturated rings. The molecule has 0 aliphatic rings. The van der Waals surface area contributed by atoms with Gasteiger partial charge in [0.05, 0.1) is 11.5 Å². The van der Waals surface area contributed by atoms with E-state index >= 15 is 0 Å². The average Bonchev–Trinajstić information content (AvgIpc) is 2.94. The van der Waals surface area contributed by atoms with Gasteiger partial charge in [0.2, 0.25) is 0 Å². The number of oxazole rings is 1. The van der Waals surface area contributed by atoms with Crippen molar-refractivity contribution >= 4 is 22.0 Å². The Morgan fingerprint density at radius 1 is 1.25 bits per heavy atom. The molecule has 2 aromatic rings. The van der Waals surface area contributed by atoms with Gasteiger partial charge in [0.15, 0.2) is 5.69 Å². The van der Waals surface area contributed by atoms with Gasteiger partial charge in [-0.2, -0.15) is 4.98 Å². The third-order valence-electron chi connectivity index (χ3n) is 3.24. The van der Waals surface area contributed by atoms with Crippen molar-refractivity contribution in [2.24, 2.45) is 0 Å². The molecule has 0 aliphatic heterocycles. The van der Waals surface area contributed by atoms with Crippen molar-refractivity contribution in [1.82, 2.24) is 4.98 Å². The molecule has 130 valence electrons. The van der Waals surface area contributed by atoms with Crippen LogP contribution in [0.3, 0.4) is 0 Å². The molecule has 1 N–H and O–H groups in total. The van der Waals surface area contributed by atoms with Crippen molar-refractivity contribution in [3.8, 4) is 0 Å². The minimum Gasteiger partial charge on any atom is -0.461 e. The zero-order valence-electron chi connectivity index (χ0n) is 14.0. The minimum absolute atomic E-state index is 0.0754. The van der Waals surface area contributed by atoms with E-state index < -0.39 is 16.0 Å². The van der Waals surface area contributed by atoms with Crippen LogP contribution in [0.1, 0.15) is 43.7 Å². The van der Waals surface area contributed by atoms with E-state index in [1.165, 1.54) is 12.1 Å². The fourth-order valence-electron chi connectivity index (χ4n) is 1.93. The number of hydrogen-bond donors (Lipinski definition) is 1. The monoisotopic (exact) mass is 352 g/mol. The highest BCUT2D eigenvalue weighted by Gasteiger charge is 2.21. The quantitative estimate of drug-likeness (QED) is 0.831. The summed E-state index contributed by atoms with van der Waals surface area (Å²) in [6, 6.07) is 6.25. The number of aromatic nitrogens is 1. The Balaban J connectivity index is 2.18. The zero-order chi connectivity index (χ0) is 18.0. The molecule has 0 saturated carbocycles. The number of ether oxygens (including phenoxy) is 1. The maximum Gasteiger partial charge on any atom is 0.360 e. The topological polar surface area (TPSA) is 98.5 Å². The summed E-state index contributed by atoms with van der Waals surface area (Å²) in [5.74, 6) is -0.679. The molecule has 24 heavy (non-hydrogen) atoms. The highest BCUT2D eigenvalue weighted by atomic mass is 32.2. The molecule has 0 spiro atoms. The number of benzene rings is 1. The van der Waals surface area contributed by atoms with Crippen molar-refractivity contribution in [2.75, 3.05) is 11.3 Å². The van der Waals surface area contributed by atoms with E-state index in [1.54, 1.807) is 19.1 Å². The molecule has 2 rings (SSSR count). The van der Waals surface area contributed by atoms with E-state index in [4.69, 9.17) is 9.15 Å². The molecule has 0 atom stereocenters. The van der Waals surface area contributed by atoms with Crippen molar-refractivity contribution in [3.05, 3.63) is 41.8 Å². The number of nitrogens with one attached hydrogen (secondary N) is 1. The van der Waals surface area contributed by atoms with Crippen molar-refractivity contribution in [3.63, 3.8) is 0 Å². The largest absolute Gasteiger partial charge is 0.461 e. The number of sulfonamides is 1. The molecule has 0 saturated heterocycles. The molecule has 1 heterocycles. The summed E-state index contributed by atoms with van der Waals surface area (Å²) in [5, 5.41) is 0. The lowest BCUT2D eigenvalue weighted by atomic mass is 9.87. The smallest absolute Gasteiger partial charge is 0.360 e. The lowest BCUT2D eigenvalue weighted by Crippen LogP contribution is -2.15. The number of esters is 1. The molecule has 8 heteroatoms. The van der Waals surface area contributed by atoms with Crippen LogP contribution < -0.4 is 4.72 Å². The molecular weight excluding hydrogens is 332 g/mol. The van der Waals surface area contributed by atoms with Gasteiger partial charge in [-0.15, -0.1) is 0 Å². The van der Waals surface area contributed by atoms with Gasteiger partial charge in [-0.05, 0) is 30.0 Å². The van der Waals surface area contributed by atoms with Gasteiger partial charge in [0, 0.05) is 0 Å². The van der Waals surface area contributed by atoms with Crippen molar-refractivity contribution in [1.29, 1.82) is 0 Å². The van der Waals surface area contributed by atoms with Crippen LogP contribution >= 0.6 is 0 Å². The Morgan fingerprint density at radius 2 is 1.88 bits per heavy atom. The van der Waals surface area contributed by atoms with Gasteiger partial charge in [-0.3, -0.25) is 0 Å². The van der Waals surface area contributed by atoms with Crippen LogP contribution in [-0.2, 0) is 20.2 Å². The van der Waals surface area contributed by atoms with E-state index in [0.717, 1.165) is 11.8 Å². The number of rotatable bonds is 5. The minimum atomic E-state index is -3.86. The third kappa shape index (κ3) is 4.14. The van der Waals surface area contributed by atoms with Crippen LogP contribution in [-0.4, -0.2) is 26.0 Å². The average molecular weight is 352 g/mol. The first-order valence-corrected chi connectivity index (χ1v) is 8.88. The van der Waals surface area contributed by atoms with E-state index in [2.05, 4.69) is 9.71 Å². The third-order valence-corrected chi connectivity index (χ3v) is 4.58. The van der Waals surface area contributed by atoms with Crippen LogP contribution in [0, 0.1) is 0 Å². The zero-order valence-corrected chi connectivity index (χ0v) is 14.8. The number of anilines is 1. The van der Waals surface area contributed by atoms with E-state index in [0.29, 0.717) is 0 Å². The standard InChI is InChI=1S/C16H20N2O5S/c1-5-22-14(19)13-10-23-15(17-13)18-24(20,21)12-8-6-11(7-9-12)16(2,3)4/h6-10H,5H2,1-4H3,(H,17,18). The number of carbonyl (C=O) groups is 1. The second-order valence-corrected chi connectivity index (χ2v) is 7.82. The Kier molecular flexibility index (Phi) is 4.98. The van der Waals surface area contributed by atoms with Gasteiger partial charge in [0.25, 0.3) is 10.0 Å². The molecule has 0 unspecified atom stereocenters. The summed E-state index contributed by atoms with van der Waals surface area (Å²) in [4.78, 5) is 15.3. The highest BCUT2D eigenvalue weighted by molar-refractivity contribution is 7.92. The first-order valence-electron chi connectivity index (χ1n) is 7.39. The second-order valence-electron chi connectivity index (χ2n) is 6.14. The highest BCUT2D eigenvalue weighted by Crippen LogP contribution is 2.24. The summed E-state index contributed by atoms with van der Waals surface area (Å²) in [5.41, 5.74) is 0.840. The van der Waals surface area contributed by atoms with E-state index in [1.807, 2.05) is 20.8 Å². The number of nitrogens with zero attached hydrogens (tertiary/aromatic N) is 1. The van der Waals surface area contributed by atoms with Crippen LogP contribution in [0.5, 0.6) is 0 Å². The van der Waals surface area contributed by atoms with Crippen LogP contribution in [0.25, 0.3) is 0 Å². The Hall–Kier alpha value is -2.35. The maximum atomic E-state index is 12.3. The summed E-state index contributed by atoms with van der Waals surface area (Å²) in [6.07, 6.45) is 1.04. The van der Waals surface area contributed by atoms with Crippen LogP contribution in [0.15, 0.2) is 39.8 Å². The molecular formula is C16H20N2O5S. The van der Waals surface area contributed by atoms with Crippen molar-refractivity contribution in [2.45, 2.75) is 38.0 Å². The Morgan fingerprint density at radius 3 is 2.42 bits per heavy atom. The van der Waals surface area contributed by atoms with Gasteiger partial charge in [-0.25, -0.2) is 17.9 Å². The predicted octanol–water partition coefficient (Wildman–Crippen LogP) is 2.95. The molecule has 1 aromatic heterocycles. The first-order chi connectivity index (χ1) is 11.1. The van der Waals surface area contributed by atoms with Gasteiger partial charge in [0.1, 0.15) is 6.26 Å². The van der Waals surface area contributed by atoms with Gasteiger partial charge >= 0.3 is 12.0 Å². The van der Waals surface area contributed by atoms with E-state index in [9.17, 15) is 13.2 Å². The van der Waals surface area contributed by atoms with Crippen LogP contribution in [0.2, 0.25) is 0 Å². The number of hydrogen-bond acceptors (Lipinski definition) is 6. The predicted molar refractivity (Wildman–Crippen MR) is 88.4 cm³/mol. The van der Waals surface area contributed by atoms with Crippen molar-refractivity contribution < 1.29 is 22.4 Å². The summed E-state index contributed by atoms with van der Waals surface area (Å²) in [6.45, 7) is 7.96. The molecule has 7 nitrogen and oxygen atoms in total. The molecule has 0 amide bonds. The molecule has 0 aliphatic carbocycles. The fourth-order valence-corrected chi connectivity index (χ4v) is 2.86. The first kappa shape index (κ1) is 18.0. The molecule has 1 aromatic carbocycles. The lowest BCUT2D eigenvalue weighted by Gasteiger charge is -2.19. The summed E-state index contributed by atoms with van der Waals surface area (Å²) < 4.78 is 36.6. The fraction of sp³-hybridized carbons (Fsp3) is 0.375. The normalized spacial score (nSPS) is 12.0. The van der Waals surface area contributed by atoms with Gasteiger partial charge < -0.3 is 9.15 Å². The number of carbonyl (C=O) groups excluding carboxylic acids is 1. The maximum absolute atomic E-state index is 12.3. The Bertz CT molecular complexity index is 817. The van der Waals surface area contributed by atoms with E-state index in [-0.39, 0.29) is 28.6 Å². The summed E-state index contributed by atoms with van der Waals surface area (Å²) >= 11 is 0. The van der Waals surface area contributed by atoms with Crippen LogP contribution in [0.4, 0.5) is 6.01 Å². The molecule has 0 bridgehead atoms.